The molecule has 0 spiro atoms. The summed E-state index contributed by atoms with van der Waals surface area (Å²) in [5.41, 5.74) is 2.14. The maximum Gasteiger partial charge on any atom is 0.148 e. The van der Waals surface area contributed by atoms with Crippen molar-refractivity contribution in [3.63, 3.8) is 0 Å². The zero-order valence-corrected chi connectivity index (χ0v) is 12.4. The monoisotopic (exact) mass is 286 g/mol. The summed E-state index contributed by atoms with van der Waals surface area (Å²) < 4.78 is 5.46. The molecule has 0 aliphatic carbocycles. The molecule has 1 fully saturated rings. The molecule has 5 heteroatoms. The van der Waals surface area contributed by atoms with Gasteiger partial charge in [-0.05, 0) is 62.7 Å². The van der Waals surface area contributed by atoms with Gasteiger partial charge in [-0.15, -0.1) is 0 Å². The van der Waals surface area contributed by atoms with Gasteiger partial charge in [0.2, 0.25) is 0 Å². The van der Waals surface area contributed by atoms with E-state index in [0.29, 0.717) is 12.6 Å². The SMILES string of the molecule is CCOc1ccc(-c2cc(NC3CCNCC3)n[nH]2)cc1. The second kappa shape index (κ2) is 6.63. The van der Waals surface area contributed by atoms with Crippen LogP contribution in [0.4, 0.5) is 5.82 Å². The predicted octanol–water partition coefficient (Wildman–Crippen LogP) is 2.64. The Morgan fingerprint density at radius 2 is 2.00 bits per heavy atom. The van der Waals surface area contributed by atoms with E-state index in [2.05, 4.69) is 26.9 Å². The first kappa shape index (κ1) is 13.9. The van der Waals surface area contributed by atoms with E-state index in [1.54, 1.807) is 0 Å². The number of nitrogens with zero attached hydrogens (tertiary/aromatic N) is 1. The quantitative estimate of drug-likeness (QED) is 0.791. The first-order valence-corrected chi connectivity index (χ1v) is 7.61. The number of anilines is 1. The molecular weight excluding hydrogens is 264 g/mol. The van der Waals surface area contributed by atoms with Gasteiger partial charge in [0.15, 0.2) is 0 Å². The highest BCUT2D eigenvalue weighted by molar-refractivity contribution is 5.63. The van der Waals surface area contributed by atoms with Crippen LogP contribution in [-0.4, -0.2) is 35.9 Å². The maximum absolute atomic E-state index is 5.46. The Morgan fingerprint density at radius 3 is 2.71 bits per heavy atom. The summed E-state index contributed by atoms with van der Waals surface area (Å²) in [4.78, 5) is 0. The zero-order valence-electron chi connectivity index (χ0n) is 12.4. The third kappa shape index (κ3) is 3.55. The van der Waals surface area contributed by atoms with Crippen LogP contribution in [0.15, 0.2) is 30.3 Å². The van der Waals surface area contributed by atoms with Crippen LogP contribution in [-0.2, 0) is 0 Å². The molecule has 112 valence electrons. The molecular formula is C16H22N4O. The summed E-state index contributed by atoms with van der Waals surface area (Å²) in [6.07, 6.45) is 2.29. The minimum Gasteiger partial charge on any atom is -0.494 e. The lowest BCUT2D eigenvalue weighted by Gasteiger charge is -2.23. The molecule has 21 heavy (non-hydrogen) atoms. The second-order valence-corrected chi connectivity index (χ2v) is 5.29. The van der Waals surface area contributed by atoms with Crippen molar-refractivity contribution in [3.05, 3.63) is 30.3 Å². The molecule has 2 heterocycles. The van der Waals surface area contributed by atoms with Gasteiger partial charge >= 0.3 is 0 Å². The first-order valence-electron chi connectivity index (χ1n) is 7.61. The number of aromatic nitrogens is 2. The van der Waals surface area contributed by atoms with Crippen molar-refractivity contribution in [3.8, 4) is 17.0 Å². The lowest BCUT2D eigenvalue weighted by atomic mass is 10.1. The zero-order chi connectivity index (χ0) is 14.5. The van der Waals surface area contributed by atoms with E-state index in [0.717, 1.165) is 48.8 Å². The van der Waals surface area contributed by atoms with Crippen molar-refractivity contribution in [2.75, 3.05) is 25.0 Å². The Morgan fingerprint density at radius 1 is 1.24 bits per heavy atom. The summed E-state index contributed by atoms with van der Waals surface area (Å²) >= 11 is 0. The van der Waals surface area contributed by atoms with E-state index in [9.17, 15) is 0 Å². The van der Waals surface area contributed by atoms with Gasteiger partial charge in [0.05, 0.1) is 12.3 Å². The smallest absolute Gasteiger partial charge is 0.148 e. The molecule has 0 unspecified atom stereocenters. The highest BCUT2D eigenvalue weighted by atomic mass is 16.5. The number of hydrogen-bond donors (Lipinski definition) is 3. The molecule has 2 aromatic rings. The Hall–Kier alpha value is -2.01. The number of hydrogen-bond acceptors (Lipinski definition) is 4. The topological polar surface area (TPSA) is 62.0 Å². The molecule has 0 atom stereocenters. The summed E-state index contributed by atoms with van der Waals surface area (Å²) in [6, 6.07) is 10.7. The van der Waals surface area contributed by atoms with Crippen LogP contribution in [0.1, 0.15) is 19.8 Å². The van der Waals surface area contributed by atoms with Crippen molar-refractivity contribution in [1.82, 2.24) is 15.5 Å². The number of nitrogens with one attached hydrogen (secondary N) is 3. The maximum atomic E-state index is 5.46. The van der Waals surface area contributed by atoms with Gasteiger partial charge in [0, 0.05) is 12.1 Å². The Bertz CT molecular complexity index is 558. The van der Waals surface area contributed by atoms with Crippen LogP contribution in [0.2, 0.25) is 0 Å². The molecule has 0 radical (unpaired) electrons. The van der Waals surface area contributed by atoms with Crippen LogP contribution in [0, 0.1) is 0 Å². The molecule has 0 bridgehead atoms. The predicted molar refractivity (Wildman–Crippen MR) is 84.7 cm³/mol. The Balaban J connectivity index is 1.66. The van der Waals surface area contributed by atoms with Crippen LogP contribution < -0.4 is 15.4 Å². The number of piperidine rings is 1. The normalized spacial score (nSPS) is 15.9. The van der Waals surface area contributed by atoms with Crippen molar-refractivity contribution in [1.29, 1.82) is 0 Å². The average Bonchev–Trinajstić information content (AvgIpc) is 2.98. The third-order valence-corrected chi connectivity index (χ3v) is 3.75. The fraction of sp³-hybridized carbons (Fsp3) is 0.438. The van der Waals surface area contributed by atoms with Crippen LogP contribution >= 0.6 is 0 Å². The lowest BCUT2D eigenvalue weighted by Crippen LogP contribution is -2.35. The van der Waals surface area contributed by atoms with E-state index >= 15 is 0 Å². The number of rotatable bonds is 5. The Kier molecular flexibility index (Phi) is 4.40. The van der Waals surface area contributed by atoms with Gasteiger partial charge in [-0.3, -0.25) is 5.10 Å². The second-order valence-electron chi connectivity index (χ2n) is 5.29. The molecule has 3 N–H and O–H groups in total. The van der Waals surface area contributed by atoms with Gasteiger partial charge in [-0.1, -0.05) is 0 Å². The van der Waals surface area contributed by atoms with Crippen molar-refractivity contribution in [2.24, 2.45) is 0 Å². The lowest BCUT2D eigenvalue weighted by molar-refractivity contribution is 0.340. The average molecular weight is 286 g/mol. The standard InChI is InChI=1S/C16H22N4O/c1-2-21-14-5-3-12(4-6-14)15-11-16(20-19-15)18-13-7-9-17-10-8-13/h3-6,11,13,17H,2,7-10H2,1H3,(H2,18,19,20). The molecule has 3 rings (SSSR count). The molecule has 1 aromatic carbocycles. The van der Waals surface area contributed by atoms with Gasteiger partial charge in [0.1, 0.15) is 11.6 Å². The molecule has 0 amide bonds. The third-order valence-electron chi connectivity index (χ3n) is 3.75. The van der Waals surface area contributed by atoms with Gasteiger partial charge in [0.25, 0.3) is 0 Å². The number of aromatic amines is 1. The number of benzene rings is 1. The molecule has 1 aliphatic heterocycles. The molecule has 5 nitrogen and oxygen atoms in total. The van der Waals surface area contributed by atoms with Crippen molar-refractivity contribution < 1.29 is 4.74 Å². The van der Waals surface area contributed by atoms with E-state index in [4.69, 9.17) is 4.74 Å². The fourth-order valence-electron chi connectivity index (χ4n) is 2.62. The molecule has 1 aromatic heterocycles. The minimum atomic E-state index is 0.516. The molecule has 1 aliphatic rings. The van der Waals surface area contributed by atoms with Crippen LogP contribution in [0.25, 0.3) is 11.3 Å². The van der Waals surface area contributed by atoms with Crippen LogP contribution in [0.3, 0.4) is 0 Å². The molecule has 0 saturated carbocycles. The molecule has 1 saturated heterocycles. The number of ether oxygens (including phenoxy) is 1. The largest absolute Gasteiger partial charge is 0.494 e. The van der Waals surface area contributed by atoms with E-state index < -0.39 is 0 Å². The minimum absolute atomic E-state index is 0.516. The van der Waals surface area contributed by atoms with Gasteiger partial charge in [-0.2, -0.15) is 5.10 Å². The van der Waals surface area contributed by atoms with Crippen molar-refractivity contribution in [2.45, 2.75) is 25.8 Å². The fourth-order valence-corrected chi connectivity index (χ4v) is 2.62. The summed E-state index contributed by atoms with van der Waals surface area (Å²) in [5, 5.41) is 14.3. The summed E-state index contributed by atoms with van der Waals surface area (Å²) in [5.74, 6) is 1.82. The van der Waals surface area contributed by atoms with Crippen LogP contribution in [0.5, 0.6) is 5.75 Å². The van der Waals surface area contributed by atoms with Gasteiger partial charge in [-0.25, -0.2) is 0 Å². The van der Waals surface area contributed by atoms with E-state index in [1.807, 2.05) is 31.2 Å². The summed E-state index contributed by atoms with van der Waals surface area (Å²) in [6.45, 7) is 4.83. The summed E-state index contributed by atoms with van der Waals surface area (Å²) in [7, 11) is 0. The number of H-pyrrole nitrogens is 1. The van der Waals surface area contributed by atoms with E-state index in [1.165, 1.54) is 0 Å². The van der Waals surface area contributed by atoms with Gasteiger partial charge < -0.3 is 15.4 Å². The van der Waals surface area contributed by atoms with E-state index in [-0.39, 0.29) is 0 Å². The van der Waals surface area contributed by atoms with Crippen molar-refractivity contribution >= 4 is 5.82 Å². The Labute approximate surface area is 125 Å². The highest BCUT2D eigenvalue weighted by Crippen LogP contribution is 2.23. The first-order chi connectivity index (χ1) is 10.3. The highest BCUT2D eigenvalue weighted by Gasteiger charge is 2.14.